The number of nitrogens with zero attached hydrogens (tertiary/aromatic N) is 1. The summed E-state index contributed by atoms with van der Waals surface area (Å²) in [7, 11) is 2.92. The van der Waals surface area contributed by atoms with Gasteiger partial charge in [-0.2, -0.15) is 0 Å². The van der Waals surface area contributed by atoms with E-state index in [-0.39, 0.29) is 18.4 Å². The molecule has 1 rings (SSSR count). The number of carboxylic acid groups (broad SMARTS) is 1. The molecule has 0 radical (unpaired) electrons. The van der Waals surface area contributed by atoms with Crippen LogP contribution < -0.4 is 9.47 Å². The molecule has 1 aromatic carbocycles. The predicted molar refractivity (Wildman–Crippen MR) is 77.9 cm³/mol. The first-order valence-electron chi connectivity index (χ1n) is 6.62. The van der Waals surface area contributed by atoms with Gasteiger partial charge in [-0.3, -0.25) is 9.59 Å². The lowest BCUT2D eigenvalue weighted by Gasteiger charge is -2.24. The molecule has 6 heteroatoms. The SMILES string of the molecule is COc1cccc(C(=O)N(CC(=O)O)CC(C)C)c1OC. The minimum Gasteiger partial charge on any atom is -0.493 e. The second-order valence-electron chi connectivity index (χ2n) is 5.01. The van der Waals surface area contributed by atoms with E-state index >= 15 is 0 Å². The lowest BCUT2D eigenvalue weighted by atomic mass is 10.1. The lowest BCUT2D eigenvalue weighted by Crippen LogP contribution is -2.38. The van der Waals surface area contributed by atoms with E-state index in [1.165, 1.54) is 19.1 Å². The molecule has 116 valence electrons. The van der Waals surface area contributed by atoms with Crippen LogP contribution >= 0.6 is 0 Å². The van der Waals surface area contributed by atoms with E-state index in [4.69, 9.17) is 14.6 Å². The minimum atomic E-state index is -1.05. The molecule has 0 aromatic heterocycles. The van der Waals surface area contributed by atoms with Crippen molar-refractivity contribution in [2.45, 2.75) is 13.8 Å². The summed E-state index contributed by atoms with van der Waals surface area (Å²) in [6.45, 7) is 3.85. The molecule has 0 atom stereocenters. The number of aliphatic carboxylic acids is 1. The zero-order valence-electron chi connectivity index (χ0n) is 12.8. The summed E-state index contributed by atoms with van der Waals surface area (Å²) < 4.78 is 10.4. The standard InChI is InChI=1S/C15H21NO5/c1-10(2)8-16(9-13(17)18)15(19)11-6-5-7-12(20-3)14(11)21-4/h5-7,10H,8-9H2,1-4H3,(H,17,18). The number of carbonyl (C=O) groups is 2. The Balaban J connectivity index is 3.16. The minimum absolute atomic E-state index is 0.157. The summed E-state index contributed by atoms with van der Waals surface area (Å²) in [5.74, 6) is -0.537. The van der Waals surface area contributed by atoms with Crippen molar-refractivity contribution in [3.05, 3.63) is 23.8 Å². The number of rotatable bonds is 7. The van der Waals surface area contributed by atoms with Crippen molar-refractivity contribution in [3.63, 3.8) is 0 Å². The highest BCUT2D eigenvalue weighted by Crippen LogP contribution is 2.31. The largest absolute Gasteiger partial charge is 0.493 e. The highest BCUT2D eigenvalue weighted by atomic mass is 16.5. The number of hydrogen-bond donors (Lipinski definition) is 1. The second-order valence-corrected chi connectivity index (χ2v) is 5.01. The third-order valence-corrected chi connectivity index (χ3v) is 2.83. The van der Waals surface area contributed by atoms with Gasteiger partial charge in [0.1, 0.15) is 6.54 Å². The van der Waals surface area contributed by atoms with Gasteiger partial charge in [0.15, 0.2) is 11.5 Å². The Morgan fingerprint density at radius 3 is 2.38 bits per heavy atom. The molecule has 1 amide bonds. The molecule has 0 spiro atoms. The molecular formula is C15H21NO5. The fourth-order valence-corrected chi connectivity index (χ4v) is 2.05. The van der Waals surface area contributed by atoms with E-state index in [1.807, 2.05) is 13.8 Å². The number of amides is 1. The molecule has 0 aliphatic rings. The van der Waals surface area contributed by atoms with Gasteiger partial charge in [0.25, 0.3) is 5.91 Å². The number of carbonyl (C=O) groups excluding carboxylic acids is 1. The molecule has 0 saturated heterocycles. The number of methoxy groups -OCH3 is 2. The van der Waals surface area contributed by atoms with Crippen molar-refractivity contribution >= 4 is 11.9 Å². The zero-order valence-corrected chi connectivity index (χ0v) is 12.8. The van der Waals surface area contributed by atoms with Crippen LogP contribution in [0.5, 0.6) is 11.5 Å². The lowest BCUT2D eigenvalue weighted by molar-refractivity contribution is -0.137. The molecule has 0 aliphatic carbocycles. The monoisotopic (exact) mass is 295 g/mol. The maximum absolute atomic E-state index is 12.6. The van der Waals surface area contributed by atoms with Crippen molar-refractivity contribution in [3.8, 4) is 11.5 Å². The van der Waals surface area contributed by atoms with Gasteiger partial charge in [0, 0.05) is 6.54 Å². The first kappa shape index (κ1) is 16.8. The van der Waals surface area contributed by atoms with Gasteiger partial charge >= 0.3 is 5.97 Å². The summed E-state index contributed by atoms with van der Waals surface area (Å²) in [4.78, 5) is 24.8. The first-order valence-corrected chi connectivity index (χ1v) is 6.62. The van der Waals surface area contributed by atoms with Crippen LogP contribution in [0.4, 0.5) is 0 Å². The highest BCUT2D eigenvalue weighted by Gasteiger charge is 2.24. The summed E-state index contributed by atoms with van der Waals surface area (Å²) >= 11 is 0. The Bertz CT molecular complexity index is 513. The van der Waals surface area contributed by atoms with E-state index in [0.29, 0.717) is 23.6 Å². The number of ether oxygens (including phenoxy) is 2. The Kier molecular flexibility index (Phi) is 6.02. The molecule has 0 unspecified atom stereocenters. The van der Waals surface area contributed by atoms with Crippen molar-refractivity contribution in [1.29, 1.82) is 0 Å². The van der Waals surface area contributed by atoms with Crippen LogP contribution in [-0.2, 0) is 4.79 Å². The average Bonchev–Trinajstić information content (AvgIpc) is 2.43. The highest BCUT2D eigenvalue weighted by molar-refractivity contribution is 5.99. The van der Waals surface area contributed by atoms with Gasteiger partial charge in [-0.05, 0) is 18.1 Å². The Morgan fingerprint density at radius 2 is 1.90 bits per heavy atom. The van der Waals surface area contributed by atoms with E-state index in [1.54, 1.807) is 18.2 Å². The molecule has 0 bridgehead atoms. The number of hydrogen-bond acceptors (Lipinski definition) is 4. The molecule has 1 aromatic rings. The third-order valence-electron chi connectivity index (χ3n) is 2.83. The topological polar surface area (TPSA) is 76.1 Å². The maximum Gasteiger partial charge on any atom is 0.323 e. The van der Waals surface area contributed by atoms with Gasteiger partial charge in [-0.1, -0.05) is 19.9 Å². The molecule has 21 heavy (non-hydrogen) atoms. The van der Waals surface area contributed by atoms with Crippen molar-refractivity contribution < 1.29 is 24.2 Å². The summed E-state index contributed by atoms with van der Waals surface area (Å²) in [6, 6.07) is 4.95. The quantitative estimate of drug-likeness (QED) is 0.831. The normalized spacial score (nSPS) is 10.3. The summed E-state index contributed by atoms with van der Waals surface area (Å²) in [5, 5.41) is 8.97. The Morgan fingerprint density at radius 1 is 1.24 bits per heavy atom. The van der Waals surface area contributed by atoms with E-state index < -0.39 is 5.97 Å². The molecule has 6 nitrogen and oxygen atoms in total. The van der Waals surface area contributed by atoms with Gasteiger partial charge in [-0.15, -0.1) is 0 Å². The average molecular weight is 295 g/mol. The van der Waals surface area contributed by atoms with E-state index in [0.717, 1.165) is 0 Å². The van der Waals surface area contributed by atoms with Gasteiger partial charge in [-0.25, -0.2) is 0 Å². The van der Waals surface area contributed by atoms with Crippen LogP contribution in [0, 0.1) is 5.92 Å². The van der Waals surface area contributed by atoms with E-state index in [2.05, 4.69) is 0 Å². The van der Waals surface area contributed by atoms with Gasteiger partial charge < -0.3 is 19.5 Å². The summed E-state index contributed by atoms with van der Waals surface area (Å²) in [6.07, 6.45) is 0. The van der Waals surface area contributed by atoms with Crippen LogP contribution in [0.3, 0.4) is 0 Å². The first-order chi connectivity index (χ1) is 9.90. The van der Waals surface area contributed by atoms with Gasteiger partial charge in [0.05, 0.1) is 19.8 Å². The number of para-hydroxylation sites is 1. The molecule has 0 saturated carbocycles. The Labute approximate surface area is 124 Å². The van der Waals surface area contributed by atoms with Crippen LogP contribution in [0.25, 0.3) is 0 Å². The number of carboxylic acids is 1. The maximum atomic E-state index is 12.6. The van der Waals surface area contributed by atoms with Crippen molar-refractivity contribution in [2.24, 2.45) is 5.92 Å². The molecule has 1 N–H and O–H groups in total. The van der Waals surface area contributed by atoms with E-state index in [9.17, 15) is 9.59 Å². The van der Waals surface area contributed by atoms with Crippen molar-refractivity contribution in [2.75, 3.05) is 27.3 Å². The molecule has 0 aliphatic heterocycles. The molecule has 0 heterocycles. The van der Waals surface area contributed by atoms with Gasteiger partial charge in [0.2, 0.25) is 0 Å². The Hall–Kier alpha value is -2.24. The van der Waals surface area contributed by atoms with Crippen molar-refractivity contribution in [1.82, 2.24) is 4.90 Å². The molecule has 0 fully saturated rings. The zero-order chi connectivity index (χ0) is 16.0. The predicted octanol–water partition coefficient (Wildman–Crippen LogP) is 1.89. The van der Waals surface area contributed by atoms with Crippen LogP contribution in [-0.4, -0.2) is 49.2 Å². The number of benzene rings is 1. The smallest absolute Gasteiger partial charge is 0.323 e. The summed E-state index contributed by atoms with van der Waals surface area (Å²) in [5.41, 5.74) is 0.291. The van der Waals surface area contributed by atoms with Crippen LogP contribution in [0.1, 0.15) is 24.2 Å². The fourth-order valence-electron chi connectivity index (χ4n) is 2.05. The second kappa shape index (κ2) is 7.52. The van der Waals surface area contributed by atoms with Crippen LogP contribution in [0.2, 0.25) is 0 Å². The fraction of sp³-hybridized carbons (Fsp3) is 0.467. The van der Waals surface area contributed by atoms with Crippen LogP contribution in [0.15, 0.2) is 18.2 Å². The molecular weight excluding hydrogens is 274 g/mol. The third kappa shape index (κ3) is 4.37.